The fraction of sp³-hybridized carbons (Fsp3) is 0.182. The number of pyridine rings is 2. The summed E-state index contributed by atoms with van der Waals surface area (Å²) >= 11 is 0. The van der Waals surface area contributed by atoms with Crippen LogP contribution in [0, 0.1) is 0 Å². The first-order valence-corrected chi connectivity index (χ1v) is 9.50. The molecule has 0 bridgehead atoms. The number of carbonyl (C=O) groups is 2. The molecule has 4 rings (SSSR count). The van der Waals surface area contributed by atoms with Crippen LogP contribution in [0.2, 0.25) is 0 Å². The van der Waals surface area contributed by atoms with Crippen LogP contribution in [-0.4, -0.2) is 55.7 Å². The number of carbonyl (C=O) groups excluding carboxylic acids is 2. The number of hydrogen-bond donors (Lipinski definition) is 0. The van der Waals surface area contributed by atoms with Crippen molar-refractivity contribution in [3.8, 4) is 22.5 Å². The third kappa shape index (κ3) is 5.42. The molecule has 0 N–H and O–H groups in total. The number of methoxy groups -OCH3 is 2. The van der Waals surface area contributed by atoms with Crippen LogP contribution in [0.25, 0.3) is 22.5 Å². The van der Waals surface area contributed by atoms with E-state index >= 15 is 0 Å². The third-order valence-corrected chi connectivity index (χ3v) is 4.33. The zero-order valence-corrected chi connectivity index (χ0v) is 18.1. The van der Waals surface area contributed by atoms with E-state index < -0.39 is 11.9 Å². The lowest BCUT2D eigenvalue weighted by Gasteiger charge is -2.00. The molecule has 0 aliphatic rings. The van der Waals surface area contributed by atoms with Crippen LogP contribution in [-0.2, 0) is 23.6 Å². The zero-order chi connectivity index (χ0) is 23.1. The topological polar surface area (TPSA) is 114 Å². The van der Waals surface area contributed by atoms with Crippen molar-refractivity contribution < 1.29 is 19.1 Å². The van der Waals surface area contributed by atoms with Crippen molar-refractivity contribution in [2.75, 3.05) is 14.2 Å². The van der Waals surface area contributed by atoms with E-state index in [0.717, 1.165) is 22.5 Å². The van der Waals surface area contributed by atoms with Crippen molar-refractivity contribution >= 4 is 11.9 Å². The van der Waals surface area contributed by atoms with E-state index in [9.17, 15) is 9.59 Å². The molecule has 164 valence electrons. The molecule has 10 nitrogen and oxygen atoms in total. The summed E-state index contributed by atoms with van der Waals surface area (Å²) in [6, 6.07) is 10.7. The number of aromatic nitrogens is 6. The minimum atomic E-state index is -0.446. The second-order valence-corrected chi connectivity index (χ2v) is 6.59. The molecule has 0 unspecified atom stereocenters. The molecule has 0 aliphatic carbocycles. The highest BCUT2D eigenvalue weighted by Gasteiger charge is 2.10. The lowest BCUT2D eigenvalue weighted by atomic mass is 10.2. The quantitative estimate of drug-likeness (QED) is 0.450. The van der Waals surface area contributed by atoms with E-state index in [4.69, 9.17) is 0 Å². The van der Waals surface area contributed by atoms with Gasteiger partial charge in [-0.2, -0.15) is 10.2 Å². The average molecular weight is 434 g/mol. The summed E-state index contributed by atoms with van der Waals surface area (Å²) in [5, 5.41) is 8.49. The van der Waals surface area contributed by atoms with Gasteiger partial charge in [0.1, 0.15) is 11.4 Å². The molecule has 0 amide bonds. The number of hydrogen-bond acceptors (Lipinski definition) is 8. The lowest BCUT2D eigenvalue weighted by Crippen LogP contribution is -2.03. The maximum atomic E-state index is 11.3. The summed E-state index contributed by atoms with van der Waals surface area (Å²) in [5.41, 5.74) is 3.86. The molecule has 0 radical (unpaired) electrons. The summed E-state index contributed by atoms with van der Waals surface area (Å²) in [4.78, 5) is 30.5. The Hall–Kier alpha value is -4.34. The van der Waals surface area contributed by atoms with Gasteiger partial charge in [0.15, 0.2) is 0 Å². The molecule has 0 saturated carbocycles. The van der Waals surface area contributed by atoms with Gasteiger partial charge in [-0.25, -0.2) is 19.6 Å². The van der Waals surface area contributed by atoms with Gasteiger partial charge in [-0.1, -0.05) is 0 Å². The van der Waals surface area contributed by atoms with Crippen LogP contribution in [0.5, 0.6) is 0 Å². The van der Waals surface area contributed by atoms with E-state index in [-0.39, 0.29) is 11.4 Å². The SMILES string of the molecule is COC(=O)c1cc(-c2ccn(C)n2)ccn1.COC(=O)c1cc(-c2ccn(C)n2)ccn1. The largest absolute Gasteiger partial charge is 0.464 e. The summed E-state index contributed by atoms with van der Waals surface area (Å²) in [6.07, 6.45) is 6.81. The molecule has 4 aromatic rings. The van der Waals surface area contributed by atoms with Crippen molar-refractivity contribution in [2.45, 2.75) is 0 Å². The monoisotopic (exact) mass is 434 g/mol. The van der Waals surface area contributed by atoms with Crippen LogP contribution < -0.4 is 0 Å². The standard InChI is InChI=1S/2C11H11N3O2/c2*1-14-6-4-9(13-14)8-3-5-12-10(7-8)11(15)16-2/h2*3-7H,1-2H3. The van der Waals surface area contributed by atoms with Gasteiger partial charge in [0.2, 0.25) is 0 Å². The maximum Gasteiger partial charge on any atom is 0.356 e. The van der Waals surface area contributed by atoms with Gasteiger partial charge in [-0.3, -0.25) is 9.36 Å². The smallest absolute Gasteiger partial charge is 0.356 e. The highest BCUT2D eigenvalue weighted by atomic mass is 16.5. The third-order valence-electron chi connectivity index (χ3n) is 4.33. The Morgan fingerprint density at radius 1 is 0.719 bits per heavy atom. The molecule has 4 aromatic heterocycles. The van der Waals surface area contributed by atoms with Crippen molar-refractivity contribution in [1.29, 1.82) is 0 Å². The van der Waals surface area contributed by atoms with Crippen molar-refractivity contribution in [1.82, 2.24) is 29.5 Å². The van der Waals surface area contributed by atoms with Crippen molar-refractivity contribution in [3.05, 3.63) is 72.6 Å². The Bertz CT molecular complexity index is 1130. The Kier molecular flexibility index (Phi) is 7.06. The van der Waals surface area contributed by atoms with E-state index in [0.29, 0.717) is 0 Å². The number of esters is 2. The Balaban J connectivity index is 0.000000181. The molecule has 32 heavy (non-hydrogen) atoms. The predicted octanol–water partition coefficient (Wildman–Crippen LogP) is 2.54. The van der Waals surface area contributed by atoms with Crippen LogP contribution in [0.4, 0.5) is 0 Å². The summed E-state index contributed by atoms with van der Waals surface area (Å²) in [6.45, 7) is 0. The zero-order valence-electron chi connectivity index (χ0n) is 18.1. The average Bonchev–Trinajstić information content (AvgIpc) is 3.47. The van der Waals surface area contributed by atoms with Crippen LogP contribution in [0.15, 0.2) is 61.2 Å². The van der Waals surface area contributed by atoms with Crippen LogP contribution in [0.1, 0.15) is 21.0 Å². The Morgan fingerprint density at radius 2 is 1.12 bits per heavy atom. The Labute approximate surface area is 184 Å². The maximum absolute atomic E-state index is 11.3. The molecule has 0 aliphatic heterocycles. The first-order chi connectivity index (χ1) is 15.4. The van der Waals surface area contributed by atoms with Gasteiger partial charge in [-0.05, 0) is 36.4 Å². The molecule has 10 heteroatoms. The van der Waals surface area contributed by atoms with Gasteiger partial charge in [0.05, 0.1) is 25.6 Å². The summed E-state index contributed by atoms with van der Waals surface area (Å²) in [7, 11) is 6.34. The van der Waals surface area contributed by atoms with Gasteiger partial charge < -0.3 is 9.47 Å². The van der Waals surface area contributed by atoms with Gasteiger partial charge in [0.25, 0.3) is 0 Å². The van der Waals surface area contributed by atoms with Crippen LogP contribution in [0.3, 0.4) is 0 Å². The molecule has 4 heterocycles. The molecule has 0 spiro atoms. The van der Waals surface area contributed by atoms with Gasteiger partial charge >= 0.3 is 11.9 Å². The molecule has 0 saturated heterocycles. The first-order valence-electron chi connectivity index (χ1n) is 9.50. The molecule has 0 aromatic carbocycles. The minimum Gasteiger partial charge on any atom is -0.464 e. The predicted molar refractivity (Wildman–Crippen MR) is 116 cm³/mol. The Morgan fingerprint density at radius 3 is 1.44 bits per heavy atom. The molecular formula is C22H22N6O4. The van der Waals surface area contributed by atoms with Gasteiger partial charge in [-0.15, -0.1) is 0 Å². The fourth-order valence-corrected chi connectivity index (χ4v) is 2.75. The van der Waals surface area contributed by atoms with Crippen molar-refractivity contribution in [2.24, 2.45) is 14.1 Å². The summed E-state index contributed by atoms with van der Waals surface area (Å²) < 4.78 is 12.6. The second-order valence-electron chi connectivity index (χ2n) is 6.59. The molecule has 0 fully saturated rings. The highest BCUT2D eigenvalue weighted by Crippen LogP contribution is 2.18. The number of rotatable bonds is 4. The number of ether oxygens (including phenoxy) is 2. The minimum absolute atomic E-state index is 0.283. The van der Waals surface area contributed by atoms with E-state index in [1.807, 2.05) is 38.6 Å². The summed E-state index contributed by atoms with van der Waals surface area (Å²) in [5.74, 6) is -0.893. The number of nitrogens with zero attached hydrogens (tertiary/aromatic N) is 6. The second kappa shape index (κ2) is 10.1. The normalized spacial score (nSPS) is 10.1. The van der Waals surface area contributed by atoms with Gasteiger partial charge in [0, 0.05) is 50.0 Å². The van der Waals surface area contributed by atoms with E-state index in [1.165, 1.54) is 14.2 Å². The van der Waals surface area contributed by atoms with Crippen LogP contribution >= 0.6 is 0 Å². The number of aryl methyl sites for hydroxylation is 2. The highest BCUT2D eigenvalue weighted by molar-refractivity contribution is 5.89. The molecule has 0 atom stereocenters. The lowest BCUT2D eigenvalue weighted by molar-refractivity contribution is 0.0585. The molecular weight excluding hydrogens is 412 g/mol. The van der Waals surface area contributed by atoms with Crippen molar-refractivity contribution in [3.63, 3.8) is 0 Å². The van der Waals surface area contributed by atoms with E-state index in [2.05, 4.69) is 29.6 Å². The van der Waals surface area contributed by atoms with E-state index in [1.54, 1.807) is 46.0 Å². The fourth-order valence-electron chi connectivity index (χ4n) is 2.75. The first kappa shape index (κ1) is 22.3.